The van der Waals surface area contributed by atoms with E-state index in [4.69, 9.17) is 16.3 Å². The van der Waals surface area contributed by atoms with Gasteiger partial charge in [0.15, 0.2) is 5.96 Å². The first-order valence-electron chi connectivity index (χ1n) is 8.90. The maximum atomic E-state index is 12.1. The maximum absolute atomic E-state index is 12.1. The highest BCUT2D eigenvalue weighted by molar-refractivity contribution is 6.33. The number of nitrogens with zero attached hydrogens (tertiary/aromatic N) is 1. The topological polar surface area (TPSA) is 74.8 Å². The molecule has 6 nitrogen and oxygen atoms in total. The third-order valence-corrected chi connectivity index (χ3v) is 4.89. The van der Waals surface area contributed by atoms with Crippen molar-refractivity contribution in [2.75, 3.05) is 19.6 Å². The molecule has 3 rings (SSSR count). The summed E-state index contributed by atoms with van der Waals surface area (Å²) in [6.45, 7) is 3.77. The minimum atomic E-state index is -0.180. The Balaban J connectivity index is 1.47. The number of nitrogens with one attached hydrogen (secondary N) is 3. The SMILES string of the molecule is CCNC(=NCCNC(=O)c1ccccc1Cl)NC1CC2CCC1O2. The number of carbonyl (C=O) groups excluding carboxylic acids is 1. The lowest BCUT2D eigenvalue weighted by Crippen LogP contribution is -2.47. The molecule has 2 fully saturated rings. The molecule has 0 aliphatic carbocycles. The van der Waals surface area contributed by atoms with E-state index in [0.29, 0.717) is 41.9 Å². The van der Waals surface area contributed by atoms with Crippen molar-refractivity contribution in [1.29, 1.82) is 0 Å². The summed E-state index contributed by atoms with van der Waals surface area (Å²) in [5.74, 6) is 0.593. The second kappa shape index (κ2) is 8.54. The fourth-order valence-electron chi connectivity index (χ4n) is 3.36. The van der Waals surface area contributed by atoms with Crippen molar-refractivity contribution in [3.63, 3.8) is 0 Å². The van der Waals surface area contributed by atoms with Gasteiger partial charge in [0.05, 0.1) is 35.4 Å². The molecular weight excluding hydrogens is 340 g/mol. The normalized spacial score (nSPS) is 25.0. The molecular formula is C18H25ClN4O2. The van der Waals surface area contributed by atoms with Crippen molar-refractivity contribution >= 4 is 23.5 Å². The van der Waals surface area contributed by atoms with Crippen LogP contribution in [-0.4, -0.2) is 49.8 Å². The van der Waals surface area contributed by atoms with E-state index < -0.39 is 0 Å². The van der Waals surface area contributed by atoms with E-state index in [-0.39, 0.29) is 5.91 Å². The number of fused-ring (bicyclic) bond motifs is 2. The number of ether oxygens (including phenoxy) is 1. The predicted molar refractivity (Wildman–Crippen MR) is 99.2 cm³/mol. The fraction of sp³-hybridized carbons (Fsp3) is 0.556. The van der Waals surface area contributed by atoms with Crippen LogP contribution in [0.25, 0.3) is 0 Å². The minimum absolute atomic E-state index is 0.180. The molecule has 0 aromatic heterocycles. The summed E-state index contributed by atoms with van der Waals surface area (Å²) in [7, 11) is 0. The smallest absolute Gasteiger partial charge is 0.252 e. The number of halogens is 1. The summed E-state index contributed by atoms with van der Waals surface area (Å²) in [4.78, 5) is 16.6. The third-order valence-electron chi connectivity index (χ3n) is 4.56. The first-order valence-corrected chi connectivity index (χ1v) is 9.28. The van der Waals surface area contributed by atoms with E-state index in [1.165, 1.54) is 6.42 Å². The summed E-state index contributed by atoms with van der Waals surface area (Å²) >= 11 is 6.03. The van der Waals surface area contributed by atoms with E-state index >= 15 is 0 Å². The monoisotopic (exact) mass is 364 g/mol. The molecule has 0 spiro atoms. The van der Waals surface area contributed by atoms with Gasteiger partial charge in [0.25, 0.3) is 5.91 Å². The minimum Gasteiger partial charge on any atom is -0.373 e. The van der Waals surface area contributed by atoms with E-state index in [0.717, 1.165) is 25.3 Å². The molecule has 3 atom stereocenters. The van der Waals surface area contributed by atoms with E-state index in [1.54, 1.807) is 24.3 Å². The van der Waals surface area contributed by atoms with Crippen LogP contribution >= 0.6 is 11.6 Å². The Kier molecular flexibility index (Phi) is 6.15. The summed E-state index contributed by atoms with van der Waals surface area (Å²) in [5.41, 5.74) is 0.484. The Morgan fingerprint density at radius 3 is 2.84 bits per heavy atom. The molecule has 136 valence electrons. The molecule has 2 bridgehead atoms. The predicted octanol–water partition coefficient (Wildman–Crippen LogP) is 1.94. The van der Waals surface area contributed by atoms with Gasteiger partial charge in [0, 0.05) is 13.1 Å². The van der Waals surface area contributed by atoms with Crippen molar-refractivity contribution < 1.29 is 9.53 Å². The molecule has 2 heterocycles. The third kappa shape index (κ3) is 4.64. The molecule has 1 aromatic carbocycles. The van der Waals surface area contributed by atoms with Crippen LogP contribution in [-0.2, 0) is 4.74 Å². The highest BCUT2D eigenvalue weighted by Gasteiger charge is 2.41. The van der Waals surface area contributed by atoms with Crippen molar-refractivity contribution in [3.8, 4) is 0 Å². The quantitative estimate of drug-likeness (QED) is 0.410. The lowest BCUT2D eigenvalue weighted by molar-refractivity contribution is 0.0955. The van der Waals surface area contributed by atoms with Crippen LogP contribution in [0.5, 0.6) is 0 Å². The Bertz CT molecular complexity index is 637. The van der Waals surface area contributed by atoms with Gasteiger partial charge < -0.3 is 20.7 Å². The number of aliphatic imine (C=N–C) groups is 1. The van der Waals surface area contributed by atoms with Crippen molar-refractivity contribution in [2.24, 2.45) is 4.99 Å². The molecule has 25 heavy (non-hydrogen) atoms. The first-order chi connectivity index (χ1) is 12.2. The largest absolute Gasteiger partial charge is 0.373 e. The molecule has 2 aliphatic rings. The van der Waals surface area contributed by atoms with Gasteiger partial charge in [-0.3, -0.25) is 9.79 Å². The summed E-state index contributed by atoms with van der Waals surface area (Å²) in [6, 6.07) is 7.34. The number of carbonyl (C=O) groups is 1. The van der Waals surface area contributed by atoms with E-state index in [1.807, 2.05) is 6.92 Å². The van der Waals surface area contributed by atoms with Crippen LogP contribution in [0.2, 0.25) is 5.02 Å². The van der Waals surface area contributed by atoms with Crippen LogP contribution in [0.4, 0.5) is 0 Å². The van der Waals surface area contributed by atoms with Crippen molar-refractivity contribution in [1.82, 2.24) is 16.0 Å². The summed E-state index contributed by atoms with van der Waals surface area (Å²) in [6.07, 6.45) is 4.03. The second-order valence-electron chi connectivity index (χ2n) is 6.36. The highest BCUT2D eigenvalue weighted by Crippen LogP contribution is 2.34. The maximum Gasteiger partial charge on any atom is 0.252 e. The molecule has 2 aliphatic heterocycles. The molecule has 3 N–H and O–H groups in total. The zero-order valence-electron chi connectivity index (χ0n) is 14.4. The van der Waals surface area contributed by atoms with Gasteiger partial charge in [-0.25, -0.2) is 0 Å². The van der Waals surface area contributed by atoms with Gasteiger partial charge in [0.1, 0.15) is 0 Å². The van der Waals surface area contributed by atoms with Gasteiger partial charge in [-0.15, -0.1) is 0 Å². The van der Waals surface area contributed by atoms with Crippen LogP contribution in [0.15, 0.2) is 29.3 Å². The lowest BCUT2D eigenvalue weighted by Gasteiger charge is -2.22. The van der Waals surface area contributed by atoms with Crippen LogP contribution < -0.4 is 16.0 Å². The average molecular weight is 365 g/mol. The molecule has 7 heteroatoms. The van der Waals surface area contributed by atoms with Crippen molar-refractivity contribution in [3.05, 3.63) is 34.9 Å². The standard InChI is InChI=1S/C18H25ClN4O2/c1-2-20-18(23-15-11-12-7-8-16(15)25-12)22-10-9-21-17(24)13-5-3-4-6-14(13)19/h3-6,12,15-16H,2,7-11H2,1H3,(H,21,24)(H2,20,22,23). The Hall–Kier alpha value is -1.79. The number of hydrogen-bond donors (Lipinski definition) is 3. The summed E-state index contributed by atoms with van der Waals surface area (Å²) in [5, 5.41) is 10.0. The van der Waals surface area contributed by atoms with E-state index in [2.05, 4.69) is 20.9 Å². The number of guanidine groups is 1. The number of benzene rings is 1. The Labute approximate surface area is 153 Å². The molecule has 3 unspecified atom stereocenters. The van der Waals surface area contributed by atoms with Gasteiger partial charge in [-0.2, -0.15) is 0 Å². The number of rotatable bonds is 6. The first kappa shape index (κ1) is 18.0. The van der Waals surface area contributed by atoms with E-state index in [9.17, 15) is 4.79 Å². The average Bonchev–Trinajstić information content (AvgIpc) is 3.22. The van der Waals surface area contributed by atoms with Crippen LogP contribution in [0.3, 0.4) is 0 Å². The Morgan fingerprint density at radius 2 is 2.16 bits per heavy atom. The number of hydrogen-bond acceptors (Lipinski definition) is 3. The van der Waals surface area contributed by atoms with Gasteiger partial charge in [0.2, 0.25) is 0 Å². The van der Waals surface area contributed by atoms with Crippen molar-refractivity contribution in [2.45, 2.75) is 44.4 Å². The van der Waals surface area contributed by atoms with Crippen LogP contribution in [0.1, 0.15) is 36.5 Å². The molecule has 2 saturated heterocycles. The summed E-state index contributed by atoms with van der Waals surface area (Å²) < 4.78 is 5.87. The van der Waals surface area contributed by atoms with Gasteiger partial charge >= 0.3 is 0 Å². The fourth-order valence-corrected chi connectivity index (χ4v) is 3.58. The highest BCUT2D eigenvalue weighted by atomic mass is 35.5. The molecule has 1 aromatic rings. The molecule has 1 amide bonds. The zero-order valence-corrected chi connectivity index (χ0v) is 15.2. The van der Waals surface area contributed by atoms with Gasteiger partial charge in [-0.05, 0) is 38.3 Å². The second-order valence-corrected chi connectivity index (χ2v) is 6.76. The van der Waals surface area contributed by atoms with Gasteiger partial charge in [-0.1, -0.05) is 23.7 Å². The Morgan fingerprint density at radius 1 is 1.32 bits per heavy atom. The molecule has 0 saturated carbocycles. The lowest BCUT2D eigenvalue weighted by atomic mass is 9.96. The number of amides is 1. The zero-order chi connectivity index (χ0) is 17.6. The van der Waals surface area contributed by atoms with Crippen LogP contribution in [0, 0.1) is 0 Å². The molecule has 0 radical (unpaired) electrons.